The molecule has 1 unspecified atom stereocenters. The van der Waals surface area contributed by atoms with Crippen molar-refractivity contribution in [2.45, 2.75) is 39.5 Å². The van der Waals surface area contributed by atoms with Gasteiger partial charge in [0.15, 0.2) is 5.82 Å². The third-order valence-corrected chi connectivity index (χ3v) is 23.7. The number of benzene rings is 18. The fourth-order valence-electron chi connectivity index (χ4n) is 15.9. The van der Waals surface area contributed by atoms with E-state index in [0.29, 0.717) is 5.92 Å². The molecule has 0 spiro atoms. The van der Waals surface area contributed by atoms with Crippen molar-refractivity contribution >= 4 is 120 Å². The standard InChI is InChI=1S/C25H18O.C25H18S.C20H15N3.C17H15NO.C16H13N.C15H18/c2*1-2-6-20(7-3-1)21-13-10-18(11-14-21)16-19-12-15-23-22-8-4-5-9-24(22)26-25(23)17-19;1-2-8-16(9-3-1)20-21-13-17(14-22-20)23-19-12-6-10-15-7-4-5-11-18(15)19;1-19-15-11-9-14(10-12-15)18-17-8-4-6-13-5-2-3-7-16(13)17;1-2-9-14(10-3-1)17-16-12-6-8-13-7-4-5-11-15(13)16;1-12-3-7-14(8-4-12)11-15-9-5-13(2)6-10-15/h2*1-15,17H,16H2;1-14,23H;2-12,18H,1H3;1-12,17H;3-9,15H,10-11H2,1-2H3. The molecule has 1 aliphatic carbocycles. The summed E-state index contributed by atoms with van der Waals surface area (Å²) in [6.07, 6.45) is 14.8. The van der Waals surface area contributed by atoms with Gasteiger partial charge in [-0.3, -0.25) is 0 Å². The van der Waals surface area contributed by atoms with E-state index >= 15 is 0 Å². The fourth-order valence-corrected chi connectivity index (χ4v) is 17.0. The summed E-state index contributed by atoms with van der Waals surface area (Å²) >= 11 is 1.89. The van der Waals surface area contributed by atoms with Crippen LogP contribution in [0.5, 0.6) is 5.75 Å². The number of nitrogens with one attached hydrogen (secondary N) is 3. The molecule has 22 rings (SSSR count). The van der Waals surface area contributed by atoms with Gasteiger partial charge in [-0.25, -0.2) is 9.97 Å². The zero-order valence-corrected chi connectivity index (χ0v) is 71.7. The number of para-hydroxylation sites is 2. The van der Waals surface area contributed by atoms with Crippen LogP contribution in [-0.2, 0) is 19.3 Å². The van der Waals surface area contributed by atoms with Gasteiger partial charge in [0.1, 0.15) is 16.9 Å². The van der Waals surface area contributed by atoms with Gasteiger partial charge < -0.3 is 25.1 Å². The number of furan rings is 1. The SMILES string of the molecule is CC1=CCC(Cc2ccc(C)cc2)C=C1.COc1ccc(Nc2cccc3ccccc23)cc1.c1ccc(-c2ccc(Cc3ccc4c(c3)oc3ccccc34)cc2)cc1.c1ccc(-c2ccc(Cc3ccc4c(c3)sc3ccccc34)cc2)cc1.c1ccc(-c2ncc(Nc3cccc4ccccc34)cn2)cc1.c1ccc(Nc2cccc3ccccc23)cc1. The minimum Gasteiger partial charge on any atom is -0.497 e. The molecular weight excluding hydrogens is 1550 g/mol. The highest BCUT2D eigenvalue weighted by molar-refractivity contribution is 7.25. The Bertz CT molecular complexity index is 6990. The van der Waals surface area contributed by atoms with Crippen LogP contribution in [0.1, 0.15) is 46.7 Å². The lowest BCUT2D eigenvalue weighted by molar-refractivity contribution is 0.415. The Morgan fingerprint density at radius 3 is 1.25 bits per heavy atom. The molecule has 3 aromatic heterocycles. The van der Waals surface area contributed by atoms with E-state index in [1.165, 1.54) is 137 Å². The molecule has 3 heterocycles. The number of nitrogens with zero attached hydrogens (tertiary/aromatic N) is 2. The Kier molecular flexibility index (Phi) is 26.9. The van der Waals surface area contributed by atoms with Crippen molar-refractivity contribution in [1.29, 1.82) is 0 Å². The normalized spacial score (nSPS) is 11.9. The van der Waals surface area contributed by atoms with Gasteiger partial charge >= 0.3 is 0 Å². The molecule has 21 aromatic rings. The van der Waals surface area contributed by atoms with E-state index in [4.69, 9.17) is 9.15 Å². The lowest BCUT2D eigenvalue weighted by Crippen LogP contribution is -2.03. The van der Waals surface area contributed by atoms with Crippen LogP contribution in [0.3, 0.4) is 0 Å². The van der Waals surface area contributed by atoms with Crippen LogP contribution in [0.15, 0.2) is 471 Å². The highest BCUT2D eigenvalue weighted by atomic mass is 32.1. The van der Waals surface area contributed by atoms with Crippen molar-refractivity contribution in [2.75, 3.05) is 23.1 Å². The minimum atomic E-state index is 0.691. The van der Waals surface area contributed by atoms with E-state index in [1.807, 2.05) is 133 Å². The number of thiophene rings is 1. The first-order chi connectivity index (χ1) is 62.2. The maximum atomic E-state index is 6.01. The van der Waals surface area contributed by atoms with Gasteiger partial charge in [0.2, 0.25) is 0 Å². The number of hydrogen-bond donors (Lipinski definition) is 3. The summed E-state index contributed by atoms with van der Waals surface area (Å²) in [5.74, 6) is 2.29. The Labute approximate surface area is 742 Å². The molecule has 7 nitrogen and oxygen atoms in total. The topological polar surface area (TPSA) is 84.2 Å². The second kappa shape index (κ2) is 40.9. The minimum absolute atomic E-state index is 0.691. The summed E-state index contributed by atoms with van der Waals surface area (Å²) in [5.41, 5.74) is 23.8. The molecule has 0 radical (unpaired) electrons. The summed E-state index contributed by atoms with van der Waals surface area (Å²) in [6, 6.07) is 150. The second-order valence-electron chi connectivity index (χ2n) is 31.5. The first-order valence-corrected chi connectivity index (χ1v) is 43.8. The van der Waals surface area contributed by atoms with Crippen molar-refractivity contribution in [3.8, 4) is 39.4 Å². The van der Waals surface area contributed by atoms with Crippen LogP contribution >= 0.6 is 11.3 Å². The Morgan fingerprint density at radius 1 is 0.325 bits per heavy atom. The van der Waals surface area contributed by atoms with E-state index in [2.05, 4.69) is 380 Å². The number of aromatic nitrogens is 2. The first-order valence-electron chi connectivity index (χ1n) is 43.0. The van der Waals surface area contributed by atoms with Gasteiger partial charge in [0.05, 0.1) is 25.2 Å². The average Bonchev–Trinajstić information content (AvgIpc) is 1.63. The van der Waals surface area contributed by atoms with Crippen molar-refractivity contribution in [2.24, 2.45) is 5.92 Å². The third-order valence-electron chi connectivity index (χ3n) is 22.6. The lowest BCUT2D eigenvalue weighted by Gasteiger charge is -2.14. The summed E-state index contributed by atoms with van der Waals surface area (Å²) < 4.78 is 13.9. The molecule has 0 saturated heterocycles. The molecule has 0 fully saturated rings. The monoisotopic (exact) mass is 1650 g/mol. The predicted molar refractivity (Wildman–Crippen MR) is 537 cm³/mol. The van der Waals surface area contributed by atoms with E-state index in [9.17, 15) is 0 Å². The van der Waals surface area contributed by atoms with Crippen LogP contribution in [0, 0.1) is 12.8 Å². The molecule has 0 bridgehead atoms. The van der Waals surface area contributed by atoms with Crippen molar-refractivity contribution in [1.82, 2.24) is 9.97 Å². The molecule has 3 N–H and O–H groups in total. The van der Waals surface area contributed by atoms with Crippen LogP contribution in [0.25, 0.3) is 108 Å². The number of fused-ring (bicyclic) bond motifs is 9. The van der Waals surface area contributed by atoms with E-state index < -0.39 is 0 Å². The predicted octanol–water partition coefficient (Wildman–Crippen LogP) is 32.4. The molecule has 126 heavy (non-hydrogen) atoms. The fraction of sp³-hybridized carbons (Fsp3) is 0.0678. The van der Waals surface area contributed by atoms with Gasteiger partial charge in [-0.15, -0.1) is 11.3 Å². The number of ether oxygens (including phenoxy) is 1. The highest BCUT2D eigenvalue weighted by Crippen LogP contribution is 2.37. The Hall–Kier alpha value is -15.5. The van der Waals surface area contributed by atoms with E-state index in [-0.39, 0.29) is 0 Å². The number of hydrogen-bond acceptors (Lipinski definition) is 8. The smallest absolute Gasteiger partial charge is 0.159 e. The number of aryl methyl sites for hydroxylation is 1. The van der Waals surface area contributed by atoms with E-state index in [0.717, 1.165) is 75.3 Å². The Morgan fingerprint density at radius 2 is 0.730 bits per heavy atom. The number of allylic oxidation sites excluding steroid dienone is 4. The molecule has 1 aliphatic rings. The molecule has 1 atom stereocenters. The van der Waals surface area contributed by atoms with Gasteiger partial charge in [-0.2, -0.15) is 0 Å². The maximum Gasteiger partial charge on any atom is 0.159 e. The molecule has 612 valence electrons. The third kappa shape index (κ3) is 21.5. The first kappa shape index (κ1) is 82.8. The maximum absolute atomic E-state index is 6.01. The molecule has 0 saturated carbocycles. The van der Waals surface area contributed by atoms with Gasteiger partial charge in [-0.1, -0.05) is 381 Å². The Balaban J connectivity index is 0.000000108. The zero-order chi connectivity index (χ0) is 85.4. The van der Waals surface area contributed by atoms with Gasteiger partial charge in [-0.05, 0) is 191 Å². The summed E-state index contributed by atoms with van der Waals surface area (Å²) in [4.78, 5) is 8.90. The lowest BCUT2D eigenvalue weighted by atomic mass is 9.91. The van der Waals surface area contributed by atoms with Crippen LogP contribution in [0.4, 0.5) is 34.1 Å². The zero-order valence-electron chi connectivity index (χ0n) is 70.9. The van der Waals surface area contributed by atoms with Gasteiger partial charge in [0.25, 0.3) is 0 Å². The van der Waals surface area contributed by atoms with Crippen LogP contribution in [0.2, 0.25) is 0 Å². The highest BCUT2D eigenvalue weighted by Gasteiger charge is 2.13. The molecule has 8 heteroatoms. The number of rotatable bonds is 16. The number of anilines is 6. The van der Waals surface area contributed by atoms with E-state index in [1.54, 1.807) is 7.11 Å². The molecule has 0 aliphatic heterocycles. The number of methoxy groups -OCH3 is 1. The van der Waals surface area contributed by atoms with Crippen LogP contribution < -0.4 is 20.7 Å². The van der Waals surface area contributed by atoms with Crippen molar-refractivity contribution in [3.63, 3.8) is 0 Å². The summed E-state index contributed by atoms with van der Waals surface area (Å²) in [5, 5.41) is 22.7. The largest absolute Gasteiger partial charge is 0.497 e. The summed E-state index contributed by atoms with van der Waals surface area (Å²) in [6.45, 7) is 4.30. The van der Waals surface area contributed by atoms with Gasteiger partial charge in [0, 0.05) is 81.1 Å². The van der Waals surface area contributed by atoms with Crippen molar-refractivity contribution in [3.05, 3.63) is 500 Å². The molecule has 0 amide bonds. The quantitative estimate of drug-likeness (QED) is 0.0889. The average molecular weight is 1650 g/mol. The van der Waals surface area contributed by atoms with Crippen LogP contribution in [-0.4, -0.2) is 17.1 Å². The molecule has 18 aromatic carbocycles. The molecular formula is C118H97N5O2S. The second-order valence-corrected chi connectivity index (χ2v) is 32.6. The summed E-state index contributed by atoms with van der Waals surface area (Å²) in [7, 11) is 1.67. The van der Waals surface area contributed by atoms with Crippen molar-refractivity contribution < 1.29 is 9.15 Å².